The van der Waals surface area contributed by atoms with Crippen molar-refractivity contribution in [3.05, 3.63) is 0 Å². The van der Waals surface area contributed by atoms with Crippen LogP contribution in [0.3, 0.4) is 0 Å². The Morgan fingerprint density at radius 1 is 1.38 bits per heavy atom. The van der Waals surface area contributed by atoms with Gasteiger partial charge in [-0.25, -0.2) is 0 Å². The molecule has 2 atom stereocenters. The average Bonchev–Trinajstić information content (AvgIpc) is 2.02. The van der Waals surface area contributed by atoms with Crippen LogP contribution in [0.4, 0.5) is 0 Å². The van der Waals surface area contributed by atoms with Crippen LogP contribution in [0.2, 0.25) is 0 Å². The maximum atomic E-state index is 10.2. The summed E-state index contributed by atoms with van der Waals surface area (Å²) in [6.07, 6.45) is 4.39. The van der Waals surface area contributed by atoms with Crippen LogP contribution in [-0.2, 0) is 9.09 Å². The van der Waals surface area contributed by atoms with Crippen LogP contribution in [0.15, 0.2) is 0 Å². The number of hydrogen-bond acceptors (Lipinski definition) is 2. The van der Waals surface area contributed by atoms with Crippen LogP contribution in [-0.4, -0.2) is 41.1 Å². The Balaban J connectivity index is 0. The van der Waals surface area contributed by atoms with E-state index in [2.05, 4.69) is 18.4 Å². The minimum atomic E-state index is -2.70. The molecular formula is C8H19NaO3P. The first-order valence-electron chi connectivity index (χ1n) is 4.56. The van der Waals surface area contributed by atoms with Crippen LogP contribution in [0.5, 0.6) is 0 Å². The van der Waals surface area contributed by atoms with Gasteiger partial charge in [0.15, 0.2) is 0 Å². The van der Waals surface area contributed by atoms with Gasteiger partial charge >= 0.3 is 8.25 Å². The second-order valence-corrected chi connectivity index (χ2v) is 3.79. The van der Waals surface area contributed by atoms with Crippen LogP contribution in [0, 0.1) is 5.92 Å². The monoisotopic (exact) mass is 217 g/mol. The van der Waals surface area contributed by atoms with Crippen LogP contribution < -0.4 is 0 Å². The van der Waals surface area contributed by atoms with Crippen molar-refractivity contribution in [2.45, 2.75) is 39.5 Å². The first-order valence-corrected chi connectivity index (χ1v) is 5.82. The SMILES string of the molecule is CCCC(CC)CCO[PH](=O)O.[Na]. The molecule has 1 N–H and O–H groups in total. The van der Waals surface area contributed by atoms with Gasteiger partial charge in [-0.3, -0.25) is 4.57 Å². The smallest absolute Gasteiger partial charge is 0.316 e. The van der Waals surface area contributed by atoms with E-state index in [0.29, 0.717) is 12.5 Å². The fourth-order valence-corrected chi connectivity index (χ4v) is 1.57. The van der Waals surface area contributed by atoms with E-state index in [-0.39, 0.29) is 29.6 Å². The molecule has 75 valence electrons. The Morgan fingerprint density at radius 2 is 2.00 bits per heavy atom. The molecule has 0 amide bonds. The molecule has 0 rings (SSSR count). The van der Waals surface area contributed by atoms with E-state index in [1.54, 1.807) is 0 Å². The standard InChI is InChI=1S/C8H19O3P.Na/c1-3-5-8(4-2)6-7-11-12(9)10;/h8,12H,3-7H2,1-2H3,(H,9,10);. The second-order valence-electron chi connectivity index (χ2n) is 2.97. The molecule has 2 unspecified atom stereocenters. The summed E-state index contributed by atoms with van der Waals surface area (Å²) in [5.74, 6) is 0.649. The molecule has 0 fully saturated rings. The first-order chi connectivity index (χ1) is 5.70. The van der Waals surface area contributed by atoms with Crippen molar-refractivity contribution in [2.75, 3.05) is 6.61 Å². The topological polar surface area (TPSA) is 46.5 Å². The number of rotatable bonds is 7. The molecule has 0 aliphatic heterocycles. The molecule has 0 bridgehead atoms. The summed E-state index contributed by atoms with van der Waals surface area (Å²) in [6.45, 7) is 4.72. The zero-order chi connectivity index (χ0) is 9.40. The van der Waals surface area contributed by atoms with Crippen molar-refractivity contribution in [2.24, 2.45) is 5.92 Å². The molecule has 13 heavy (non-hydrogen) atoms. The normalized spacial score (nSPS) is 14.7. The Hall–Kier alpha value is 1.15. The summed E-state index contributed by atoms with van der Waals surface area (Å²) in [7, 11) is -2.70. The molecule has 5 heteroatoms. The Morgan fingerprint density at radius 3 is 2.38 bits per heavy atom. The van der Waals surface area contributed by atoms with Gasteiger partial charge < -0.3 is 9.42 Å². The van der Waals surface area contributed by atoms with Crippen molar-refractivity contribution >= 4 is 37.8 Å². The molecule has 0 aromatic rings. The van der Waals surface area contributed by atoms with E-state index in [4.69, 9.17) is 4.89 Å². The van der Waals surface area contributed by atoms with Crippen LogP contribution >= 0.6 is 8.25 Å². The van der Waals surface area contributed by atoms with Gasteiger partial charge in [0.25, 0.3) is 0 Å². The van der Waals surface area contributed by atoms with Crippen molar-refractivity contribution in [3.63, 3.8) is 0 Å². The van der Waals surface area contributed by atoms with Crippen molar-refractivity contribution < 1.29 is 14.0 Å². The number of hydrogen-bond donors (Lipinski definition) is 1. The zero-order valence-corrected chi connectivity index (χ0v) is 11.9. The molecule has 0 aliphatic carbocycles. The van der Waals surface area contributed by atoms with Crippen molar-refractivity contribution in [1.82, 2.24) is 0 Å². The predicted octanol–water partition coefficient (Wildman–Crippen LogP) is 2.22. The summed E-state index contributed by atoms with van der Waals surface area (Å²) in [6, 6.07) is 0. The van der Waals surface area contributed by atoms with E-state index in [9.17, 15) is 4.57 Å². The first kappa shape index (κ1) is 16.6. The molecule has 0 aromatic carbocycles. The summed E-state index contributed by atoms with van der Waals surface area (Å²) >= 11 is 0. The van der Waals surface area contributed by atoms with Crippen LogP contribution in [0.1, 0.15) is 39.5 Å². The molecule has 0 heterocycles. The van der Waals surface area contributed by atoms with E-state index in [1.165, 1.54) is 12.8 Å². The second kappa shape index (κ2) is 11.2. The van der Waals surface area contributed by atoms with Crippen LogP contribution in [0.25, 0.3) is 0 Å². The molecule has 0 spiro atoms. The molecule has 0 saturated heterocycles. The molecule has 0 saturated carbocycles. The Kier molecular flexibility index (Phi) is 14.3. The molecular weight excluding hydrogens is 198 g/mol. The summed E-state index contributed by atoms with van der Waals surface area (Å²) in [5, 5.41) is 0. The minimum Gasteiger partial charge on any atom is -0.326 e. The van der Waals surface area contributed by atoms with Gasteiger partial charge in [-0.1, -0.05) is 33.1 Å². The van der Waals surface area contributed by atoms with Gasteiger partial charge in [0, 0.05) is 29.6 Å². The quantitative estimate of drug-likeness (QED) is 0.525. The largest absolute Gasteiger partial charge is 0.326 e. The van der Waals surface area contributed by atoms with Crippen molar-refractivity contribution in [3.8, 4) is 0 Å². The van der Waals surface area contributed by atoms with Gasteiger partial charge in [0.1, 0.15) is 0 Å². The fraction of sp³-hybridized carbons (Fsp3) is 1.00. The summed E-state index contributed by atoms with van der Waals surface area (Å²) < 4.78 is 14.8. The third-order valence-electron chi connectivity index (χ3n) is 2.03. The van der Waals surface area contributed by atoms with Gasteiger partial charge in [-0.05, 0) is 12.3 Å². The summed E-state index contributed by atoms with van der Waals surface area (Å²) in [5.41, 5.74) is 0. The predicted molar refractivity (Wildman–Crippen MR) is 56.2 cm³/mol. The van der Waals surface area contributed by atoms with E-state index < -0.39 is 8.25 Å². The van der Waals surface area contributed by atoms with Gasteiger partial charge in [0.05, 0.1) is 6.61 Å². The van der Waals surface area contributed by atoms with E-state index >= 15 is 0 Å². The minimum absolute atomic E-state index is 0. The van der Waals surface area contributed by atoms with Gasteiger partial charge in [0.2, 0.25) is 0 Å². The maximum absolute atomic E-state index is 10.2. The molecule has 3 nitrogen and oxygen atoms in total. The third kappa shape index (κ3) is 11.1. The fourth-order valence-electron chi connectivity index (χ4n) is 1.27. The Bertz CT molecular complexity index is 133. The Labute approximate surface area is 103 Å². The van der Waals surface area contributed by atoms with Crippen molar-refractivity contribution in [1.29, 1.82) is 0 Å². The molecule has 1 radical (unpaired) electrons. The third-order valence-corrected chi connectivity index (χ3v) is 2.48. The van der Waals surface area contributed by atoms with E-state index in [1.807, 2.05) is 0 Å². The zero-order valence-electron chi connectivity index (χ0n) is 8.88. The molecule has 0 aliphatic rings. The maximum Gasteiger partial charge on any atom is 0.316 e. The van der Waals surface area contributed by atoms with Gasteiger partial charge in [-0.2, -0.15) is 0 Å². The van der Waals surface area contributed by atoms with Gasteiger partial charge in [-0.15, -0.1) is 0 Å². The summed E-state index contributed by atoms with van der Waals surface area (Å²) in [4.78, 5) is 8.39. The molecule has 0 aromatic heterocycles. The van der Waals surface area contributed by atoms with E-state index in [0.717, 1.165) is 12.8 Å². The average molecular weight is 217 g/mol.